The van der Waals surface area contributed by atoms with Crippen LogP contribution >= 0.6 is 0 Å². The van der Waals surface area contributed by atoms with Crippen LogP contribution in [0.2, 0.25) is 0 Å². The minimum atomic E-state index is -0.352. The lowest BCUT2D eigenvalue weighted by Crippen LogP contribution is -2.36. The van der Waals surface area contributed by atoms with E-state index in [2.05, 4.69) is 60.8 Å². The Kier molecular flexibility index (Phi) is 6.13. The van der Waals surface area contributed by atoms with Crippen LogP contribution < -0.4 is 5.32 Å². The number of hydrogen-bond donors (Lipinski definition) is 2. The van der Waals surface area contributed by atoms with Crippen molar-refractivity contribution in [3.05, 3.63) is 60.2 Å². The number of likely N-dealkylation sites (N-methyl/N-ethyl adjacent to an activating group) is 1. The van der Waals surface area contributed by atoms with Gasteiger partial charge in [-0.3, -0.25) is 0 Å². The molecule has 3 heteroatoms. The molecule has 3 nitrogen and oxygen atoms in total. The number of benzene rings is 2. The Bertz CT molecular complexity index is 569. The average Bonchev–Trinajstić information content (AvgIpc) is 2.53. The minimum Gasteiger partial charge on any atom is -0.390 e. The lowest BCUT2D eigenvalue weighted by atomic mass is 10.00. The van der Waals surface area contributed by atoms with Crippen molar-refractivity contribution < 1.29 is 5.11 Å². The summed E-state index contributed by atoms with van der Waals surface area (Å²) in [5, 5.41) is 13.3. The summed E-state index contributed by atoms with van der Waals surface area (Å²) in [5.74, 6) is 0. The zero-order valence-corrected chi connectivity index (χ0v) is 13.7. The van der Waals surface area contributed by atoms with Crippen molar-refractivity contribution >= 4 is 0 Å². The summed E-state index contributed by atoms with van der Waals surface area (Å²) in [4.78, 5) is 1.99. The van der Waals surface area contributed by atoms with E-state index in [1.165, 1.54) is 16.7 Å². The Balaban J connectivity index is 2.00. The van der Waals surface area contributed by atoms with Gasteiger partial charge in [-0.15, -0.1) is 0 Å². The monoisotopic (exact) mass is 298 g/mol. The summed E-state index contributed by atoms with van der Waals surface area (Å²) in [6.45, 7) is 3.39. The molecule has 0 saturated carbocycles. The molecule has 0 bridgehead atoms. The van der Waals surface area contributed by atoms with Gasteiger partial charge >= 0.3 is 0 Å². The van der Waals surface area contributed by atoms with Crippen LogP contribution in [0, 0.1) is 0 Å². The molecule has 0 aliphatic heterocycles. The molecule has 0 radical (unpaired) electrons. The molecule has 0 aromatic heterocycles. The molecule has 2 aromatic rings. The highest BCUT2D eigenvalue weighted by molar-refractivity contribution is 5.64. The first-order chi connectivity index (χ1) is 10.6. The van der Waals surface area contributed by atoms with Crippen molar-refractivity contribution in [2.24, 2.45) is 0 Å². The maximum atomic E-state index is 9.94. The van der Waals surface area contributed by atoms with Gasteiger partial charge in [-0.1, -0.05) is 48.5 Å². The standard InChI is InChI=1S/C19H26N2O/c1-15(20-13-19(22)14-21(2)3)17-10-7-11-18(12-17)16-8-5-4-6-9-16/h4-12,15,19-20,22H,13-14H2,1-3H3. The molecule has 0 aliphatic rings. The van der Waals surface area contributed by atoms with Gasteiger partial charge in [0.15, 0.2) is 0 Å². The summed E-state index contributed by atoms with van der Waals surface area (Å²) >= 11 is 0. The molecule has 0 aliphatic carbocycles. The lowest BCUT2D eigenvalue weighted by Gasteiger charge is -2.20. The van der Waals surface area contributed by atoms with Crippen molar-refractivity contribution in [3.63, 3.8) is 0 Å². The van der Waals surface area contributed by atoms with Crippen LogP contribution in [-0.4, -0.2) is 43.3 Å². The number of nitrogens with one attached hydrogen (secondary N) is 1. The molecule has 2 unspecified atom stereocenters. The van der Waals surface area contributed by atoms with Gasteiger partial charge in [0.1, 0.15) is 0 Å². The zero-order valence-electron chi connectivity index (χ0n) is 13.7. The Morgan fingerprint density at radius 1 is 1.00 bits per heavy atom. The topological polar surface area (TPSA) is 35.5 Å². The quantitative estimate of drug-likeness (QED) is 0.825. The molecule has 0 spiro atoms. The number of nitrogens with zero attached hydrogens (tertiary/aromatic N) is 1. The fourth-order valence-corrected chi connectivity index (χ4v) is 2.53. The van der Waals surface area contributed by atoms with Crippen molar-refractivity contribution in [2.75, 3.05) is 27.2 Å². The molecule has 0 fully saturated rings. The molecular formula is C19H26N2O. The van der Waals surface area contributed by atoms with Crippen LogP contribution in [0.5, 0.6) is 0 Å². The largest absolute Gasteiger partial charge is 0.390 e. The summed E-state index contributed by atoms with van der Waals surface area (Å²) in [5.41, 5.74) is 3.68. The third-order valence-electron chi connectivity index (χ3n) is 3.73. The molecule has 2 atom stereocenters. The van der Waals surface area contributed by atoms with Gasteiger partial charge in [-0.2, -0.15) is 0 Å². The van der Waals surface area contributed by atoms with Crippen LogP contribution in [0.1, 0.15) is 18.5 Å². The molecule has 2 rings (SSSR count). The smallest absolute Gasteiger partial charge is 0.0791 e. The third-order valence-corrected chi connectivity index (χ3v) is 3.73. The minimum absolute atomic E-state index is 0.209. The van der Waals surface area contributed by atoms with E-state index in [0.29, 0.717) is 13.1 Å². The van der Waals surface area contributed by atoms with E-state index < -0.39 is 0 Å². The second-order valence-corrected chi connectivity index (χ2v) is 6.04. The fourth-order valence-electron chi connectivity index (χ4n) is 2.53. The predicted octanol–water partition coefficient (Wildman–Crippen LogP) is 2.93. The van der Waals surface area contributed by atoms with Crippen LogP contribution in [0.15, 0.2) is 54.6 Å². The van der Waals surface area contributed by atoms with Crippen molar-refractivity contribution in [1.82, 2.24) is 10.2 Å². The Labute approximate surface area is 133 Å². The number of aliphatic hydroxyl groups is 1. The highest BCUT2D eigenvalue weighted by Gasteiger charge is 2.10. The summed E-state index contributed by atoms with van der Waals surface area (Å²) in [7, 11) is 3.94. The SMILES string of the molecule is CC(NCC(O)CN(C)C)c1cccc(-c2ccccc2)c1. The highest BCUT2D eigenvalue weighted by atomic mass is 16.3. The first kappa shape index (κ1) is 16.7. The molecule has 0 saturated heterocycles. The Morgan fingerprint density at radius 3 is 2.36 bits per heavy atom. The maximum absolute atomic E-state index is 9.94. The van der Waals surface area contributed by atoms with Crippen LogP contribution in [0.4, 0.5) is 0 Å². The van der Waals surface area contributed by atoms with Gasteiger partial charge in [0.2, 0.25) is 0 Å². The molecule has 22 heavy (non-hydrogen) atoms. The first-order valence-electron chi connectivity index (χ1n) is 7.78. The average molecular weight is 298 g/mol. The number of hydrogen-bond acceptors (Lipinski definition) is 3. The number of aliphatic hydroxyl groups excluding tert-OH is 1. The van der Waals surface area contributed by atoms with Gasteiger partial charge in [-0.25, -0.2) is 0 Å². The third kappa shape index (κ3) is 4.95. The highest BCUT2D eigenvalue weighted by Crippen LogP contribution is 2.22. The molecule has 0 heterocycles. The van der Waals surface area contributed by atoms with Gasteiger partial charge < -0.3 is 15.3 Å². The van der Waals surface area contributed by atoms with Gasteiger partial charge in [-0.05, 0) is 43.8 Å². The first-order valence-corrected chi connectivity index (χ1v) is 7.78. The Hall–Kier alpha value is -1.68. The van der Waals surface area contributed by atoms with Crippen LogP contribution in [0.25, 0.3) is 11.1 Å². The normalized spacial score (nSPS) is 14.0. The maximum Gasteiger partial charge on any atom is 0.0791 e. The van der Waals surface area contributed by atoms with E-state index in [1.54, 1.807) is 0 Å². The van der Waals surface area contributed by atoms with Crippen LogP contribution in [-0.2, 0) is 0 Å². The van der Waals surface area contributed by atoms with E-state index in [1.807, 2.05) is 25.1 Å². The summed E-state index contributed by atoms with van der Waals surface area (Å²) in [6.07, 6.45) is -0.352. The summed E-state index contributed by atoms with van der Waals surface area (Å²) < 4.78 is 0. The Morgan fingerprint density at radius 2 is 1.68 bits per heavy atom. The zero-order chi connectivity index (χ0) is 15.9. The van der Waals surface area contributed by atoms with E-state index in [9.17, 15) is 5.11 Å². The molecule has 2 N–H and O–H groups in total. The van der Waals surface area contributed by atoms with Crippen LogP contribution in [0.3, 0.4) is 0 Å². The summed E-state index contributed by atoms with van der Waals surface area (Å²) in [6, 6.07) is 19.2. The van der Waals surface area contributed by atoms with Crippen molar-refractivity contribution in [3.8, 4) is 11.1 Å². The van der Waals surface area contributed by atoms with E-state index in [4.69, 9.17) is 0 Å². The van der Waals surface area contributed by atoms with Gasteiger partial charge in [0.25, 0.3) is 0 Å². The van der Waals surface area contributed by atoms with Gasteiger partial charge in [0, 0.05) is 19.1 Å². The van der Waals surface area contributed by atoms with E-state index in [-0.39, 0.29) is 12.1 Å². The van der Waals surface area contributed by atoms with Crippen molar-refractivity contribution in [2.45, 2.75) is 19.1 Å². The second kappa shape index (κ2) is 8.08. The second-order valence-electron chi connectivity index (χ2n) is 6.04. The molecule has 118 valence electrons. The number of rotatable bonds is 7. The fraction of sp³-hybridized carbons (Fsp3) is 0.368. The van der Waals surface area contributed by atoms with Crippen molar-refractivity contribution in [1.29, 1.82) is 0 Å². The molecular weight excluding hydrogens is 272 g/mol. The van der Waals surface area contributed by atoms with Gasteiger partial charge in [0.05, 0.1) is 6.10 Å². The predicted molar refractivity (Wildman–Crippen MR) is 92.9 cm³/mol. The molecule has 2 aromatic carbocycles. The molecule has 0 amide bonds. The van der Waals surface area contributed by atoms with E-state index in [0.717, 1.165) is 0 Å². The lowest BCUT2D eigenvalue weighted by molar-refractivity contribution is 0.132. The van der Waals surface area contributed by atoms with E-state index >= 15 is 0 Å².